The van der Waals surface area contributed by atoms with Crippen molar-refractivity contribution < 1.29 is 9.32 Å². The molecule has 0 aromatic carbocycles. The molecular formula is C23H27N5O2. The first kappa shape index (κ1) is 20.2. The second-order valence-electron chi connectivity index (χ2n) is 9.06. The van der Waals surface area contributed by atoms with Gasteiger partial charge >= 0.3 is 0 Å². The van der Waals surface area contributed by atoms with Gasteiger partial charge in [-0.15, -0.1) is 0 Å². The molecule has 0 aliphatic heterocycles. The Labute approximate surface area is 176 Å². The lowest BCUT2D eigenvalue weighted by atomic mass is 9.74. The number of pyridine rings is 1. The Morgan fingerprint density at radius 2 is 2.10 bits per heavy atom. The van der Waals surface area contributed by atoms with E-state index >= 15 is 0 Å². The van der Waals surface area contributed by atoms with Gasteiger partial charge in [0.05, 0.1) is 17.4 Å². The Morgan fingerprint density at radius 3 is 2.80 bits per heavy atom. The average Bonchev–Trinajstić information content (AvgIpc) is 3.09. The molecule has 156 valence electrons. The zero-order valence-electron chi connectivity index (χ0n) is 18.1. The number of hydrogen-bond acceptors (Lipinski definition) is 6. The van der Waals surface area contributed by atoms with Crippen LogP contribution in [0.3, 0.4) is 0 Å². The van der Waals surface area contributed by atoms with Gasteiger partial charge in [-0.25, -0.2) is 9.97 Å². The molecule has 0 saturated heterocycles. The van der Waals surface area contributed by atoms with Gasteiger partial charge in [0.1, 0.15) is 11.3 Å². The largest absolute Gasteiger partial charge is 0.361 e. The Kier molecular flexibility index (Phi) is 5.13. The molecule has 1 N–H and O–H groups in total. The van der Waals surface area contributed by atoms with Crippen LogP contribution in [0.5, 0.6) is 0 Å². The van der Waals surface area contributed by atoms with E-state index in [9.17, 15) is 4.79 Å². The first-order valence-electron chi connectivity index (χ1n) is 10.3. The summed E-state index contributed by atoms with van der Waals surface area (Å²) in [5.74, 6) is 1.13. The molecule has 0 spiro atoms. The number of carbonyl (C=O) groups is 1. The quantitative estimate of drug-likeness (QED) is 0.691. The van der Waals surface area contributed by atoms with E-state index in [1.165, 1.54) is 0 Å². The van der Waals surface area contributed by atoms with Gasteiger partial charge in [-0.3, -0.25) is 9.78 Å². The number of aromatic nitrogens is 4. The molecular weight excluding hydrogens is 378 g/mol. The van der Waals surface area contributed by atoms with Crippen molar-refractivity contribution >= 4 is 5.91 Å². The number of hydrogen-bond donors (Lipinski definition) is 1. The van der Waals surface area contributed by atoms with E-state index in [4.69, 9.17) is 9.51 Å². The van der Waals surface area contributed by atoms with Crippen molar-refractivity contribution in [2.24, 2.45) is 5.41 Å². The van der Waals surface area contributed by atoms with Crippen molar-refractivity contribution in [2.45, 2.75) is 59.4 Å². The van der Waals surface area contributed by atoms with Crippen LogP contribution in [0.2, 0.25) is 0 Å². The maximum absolute atomic E-state index is 13.2. The topological polar surface area (TPSA) is 93.8 Å². The van der Waals surface area contributed by atoms with Crippen LogP contribution in [0, 0.1) is 12.3 Å². The highest BCUT2D eigenvalue weighted by Gasteiger charge is 2.35. The smallest absolute Gasteiger partial charge is 0.257 e. The monoisotopic (exact) mass is 405 g/mol. The van der Waals surface area contributed by atoms with Crippen LogP contribution in [0.1, 0.15) is 79.1 Å². The van der Waals surface area contributed by atoms with Crippen molar-refractivity contribution in [1.82, 2.24) is 25.4 Å². The molecule has 1 atom stereocenters. The lowest BCUT2D eigenvalue weighted by molar-refractivity contribution is 0.0916. The van der Waals surface area contributed by atoms with E-state index in [0.717, 1.165) is 29.7 Å². The van der Waals surface area contributed by atoms with Crippen LogP contribution in [-0.4, -0.2) is 26.0 Å². The number of nitrogens with zero attached hydrogens (tertiary/aromatic N) is 4. The van der Waals surface area contributed by atoms with Crippen molar-refractivity contribution in [3.05, 3.63) is 59.0 Å². The minimum atomic E-state index is -0.173. The maximum Gasteiger partial charge on any atom is 0.257 e. The third-order valence-electron chi connectivity index (χ3n) is 5.57. The first-order valence-corrected chi connectivity index (χ1v) is 10.3. The summed E-state index contributed by atoms with van der Waals surface area (Å²) in [6.07, 6.45) is 6.97. The second-order valence-corrected chi connectivity index (χ2v) is 9.06. The Balaban J connectivity index is 1.67. The Morgan fingerprint density at radius 1 is 1.30 bits per heavy atom. The molecule has 7 heteroatoms. The highest BCUT2D eigenvalue weighted by Crippen LogP contribution is 2.40. The summed E-state index contributed by atoms with van der Waals surface area (Å²) in [5, 5.41) is 7.28. The molecule has 3 heterocycles. The number of aryl methyl sites for hydroxylation is 1. The Bertz CT molecular complexity index is 1070. The molecule has 0 fully saturated rings. The molecule has 7 nitrogen and oxygen atoms in total. The summed E-state index contributed by atoms with van der Waals surface area (Å²) >= 11 is 0. The van der Waals surface area contributed by atoms with Gasteiger partial charge in [0.2, 0.25) is 0 Å². The molecule has 0 radical (unpaired) electrons. The molecule has 0 bridgehead atoms. The normalized spacial score (nSPS) is 17.6. The predicted molar refractivity (Wildman–Crippen MR) is 113 cm³/mol. The van der Waals surface area contributed by atoms with Gasteiger partial charge in [-0.1, -0.05) is 32.9 Å². The van der Waals surface area contributed by atoms with Crippen molar-refractivity contribution in [3.8, 4) is 11.4 Å². The molecule has 3 aromatic heterocycles. The molecule has 3 aromatic rings. The minimum Gasteiger partial charge on any atom is -0.361 e. The van der Waals surface area contributed by atoms with E-state index < -0.39 is 0 Å². The lowest BCUT2D eigenvalue weighted by Crippen LogP contribution is -2.37. The molecule has 0 saturated carbocycles. The van der Waals surface area contributed by atoms with E-state index in [2.05, 4.69) is 34.3 Å². The van der Waals surface area contributed by atoms with Crippen molar-refractivity contribution in [1.29, 1.82) is 0 Å². The summed E-state index contributed by atoms with van der Waals surface area (Å²) < 4.78 is 5.30. The van der Waals surface area contributed by atoms with E-state index in [1.54, 1.807) is 19.3 Å². The van der Waals surface area contributed by atoms with Crippen molar-refractivity contribution in [2.75, 3.05) is 0 Å². The molecule has 1 aliphatic carbocycles. The highest BCUT2D eigenvalue weighted by molar-refractivity contribution is 5.96. The van der Waals surface area contributed by atoms with E-state index in [0.29, 0.717) is 22.8 Å². The van der Waals surface area contributed by atoms with Gasteiger partial charge in [-0.2, -0.15) is 0 Å². The third kappa shape index (κ3) is 3.84. The molecule has 4 rings (SSSR count). The third-order valence-corrected chi connectivity index (χ3v) is 5.57. The predicted octanol–water partition coefficient (Wildman–Crippen LogP) is 4.40. The minimum absolute atomic E-state index is 0.00389. The van der Waals surface area contributed by atoms with Gasteiger partial charge in [-0.05, 0) is 43.2 Å². The maximum atomic E-state index is 13.2. The Hall–Kier alpha value is -3.09. The van der Waals surface area contributed by atoms with Crippen LogP contribution >= 0.6 is 0 Å². The first-order chi connectivity index (χ1) is 14.2. The van der Waals surface area contributed by atoms with Gasteiger partial charge < -0.3 is 9.84 Å². The molecule has 0 unspecified atom stereocenters. The summed E-state index contributed by atoms with van der Waals surface area (Å²) in [6.45, 7) is 10.2. The average molecular weight is 406 g/mol. The van der Waals surface area contributed by atoms with Crippen LogP contribution < -0.4 is 5.32 Å². The lowest BCUT2D eigenvalue weighted by Gasteiger charge is -2.36. The molecule has 30 heavy (non-hydrogen) atoms. The van der Waals surface area contributed by atoms with Crippen LogP contribution in [0.25, 0.3) is 11.4 Å². The standard InChI is InChI=1S/C23H27N5O2/c1-13(2)20-19(14(3)30-28-20)22(29)27-18-10-23(4,5)9-17-16(18)12-25-21(26-17)15-7-6-8-24-11-15/h6-8,11-13,18H,9-10H2,1-5H3,(H,27,29)/t18-/m1/s1. The van der Waals surface area contributed by atoms with Crippen LogP contribution in [0.4, 0.5) is 0 Å². The number of nitrogens with one attached hydrogen (secondary N) is 1. The fourth-order valence-electron chi connectivity index (χ4n) is 4.10. The number of carbonyl (C=O) groups excluding carboxylic acids is 1. The zero-order valence-corrected chi connectivity index (χ0v) is 18.1. The summed E-state index contributed by atoms with van der Waals surface area (Å²) in [4.78, 5) is 26.7. The van der Waals surface area contributed by atoms with E-state index in [1.807, 2.05) is 32.2 Å². The molecule has 1 amide bonds. The number of amides is 1. The summed E-state index contributed by atoms with van der Waals surface area (Å²) in [6, 6.07) is 3.65. The highest BCUT2D eigenvalue weighted by atomic mass is 16.5. The fraction of sp³-hybridized carbons (Fsp3) is 0.435. The summed E-state index contributed by atoms with van der Waals surface area (Å²) in [5.41, 5.74) is 4.03. The van der Waals surface area contributed by atoms with Crippen LogP contribution in [-0.2, 0) is 6.42 Å². The molecule has 1 aliphatic rings. The van der Waals surface area contributed by atoms with Crippen molar-refractivity contribution in [3.63, 3.8) is 0 Å². The fourth-order valence-corrected chi connectivity index (χ4v) is 4.10. The van der Waals surface area contributed by atoms with E-state index in [-0.39, 0.29) is 23.3 Å². The van der Waals surface area contributed by atoms with Gasteiger partial charge in [0, 0.05) is 29.7 Å². The number of fused-ring (bicyclic) bond motifs is 1. The van der Waals surface area contributed by atoms with Gasteiger partial charge in [0.25, 0.3) is 5.91 Å². The van der Waals surface area contributed by atoms with Gasteiger partial charge in [0.15, 0.2) is 5.82 Å². The van der Waals surface area contributed by atoms with Crippen LogP contribution in [0.15, 0.2) is 35.2 Å². The zero-order chi connectivity index (χ0) is 21.5. The second kappa shape index (κ2) is 7.63. The SMILES string of the molecule is Cc1onc(C(C)C)c1C(=O)N[C@@H]1CC(C)(C)Cc2nc(-c3cccnc3)ncc21. The number of rotatable bonds is 4. The summed E-state index contributed by atoms with van der Waals surface area (Å²) in [7, 11) is 0.